The number of rotatable bonds is 3. The maximum Gasteiger partial charge on any atom is 0.256 e. The SMILES string of the molecule is COc1cc[nH]c1C=C1C(=O)Nc2cccc(C#CC(O)c3cccn3C)c21. The van der Waals surface area contributed by atoms with Crippen molar-refractivity contribution in [1.29, 1.82) is 0 Å². The molecule has 140 valence electrons. The molecular weight excluding hydrogens is 354 g/mol. The van der Waals surface area contributed by atoms with E-state index in [2.05, 4.69) is 22.1 Å². The molecule has 0 radical (unpaired) electrons. The van der Waals surface area contributed by atoms with Crippen LogP contribution in [0.1, 0.15) is 28.6 Å². The van der Waals surface area contributed by atoms with Crippen LogP contribution < -0.4 is 10.1 Å². The van der Waals surface area contributed by atoms with Crippen molar-refractivity contribution < 1.29 is 14.6 Å². The van der Waals surface area contributed by atoms with Crippen LogP contribution in [0, 0.1) is 11.8 Å². The number of aliphatic hydroxyl groups excluding tert-OH is 1. The molecule has 28 heavy (non-hydrogen) atoms. The number of aromatic nitrogens is 2. The van der Waals surface area contributed by atoms with E-state index in [0.29, 0.717) is 34.0 Å². The van der Waals surface area contributed by atoms with Gasteiger partial charge in [-0.05, 0) is 36.4 Å². The first-order chi connectivity index (χ1) is 13.6. The molecule has 1 unspecified atom stereocenters. The van der Waals surface area contributed by atoms with Gasteiger partial charge in [-0.3, -0.25) is 4.79 Å². The van der Waals surface area contributed by atoms with Crippen LogP contribution in [0.25, 0.3) is 11.6 Å². The molecule has 1 aliphatic heterocycles. The van der Waals surface area contributed by atoms with Crippen LogP contribution in [0.2, 0.25) is 0 Å². The van der Waals surface area contributed by atoms with Crippen LogP contribution in [0.5, 0.6) is 5.75 Å². The number of ether oxygens (including phenoxy) is 1. The summed E-state index contributed by atoms with van der Waals surface area (Å²) in [4.78, 5) is 15.6. The van der Waals surface area contributed by atoms with Crippen molar-refractivity contribution in [2.45, 2.75) is 6.10 Å². The number of nitrogens with zero attached hydrogens (tertiary/aromatic N) is 1. The van der Waals surface area contributed by atoms with Crippen LogP contribution in [-0.4, -0.2) is 27.7 Å². The normalized spacial score (nSPS) is 15.0. The van der Waals surface area contributed by atoms with Crippen LogP contribution in [0.3, 0.4) is 0 Å². The molecule has 1 atom stereocenters. The van der Waals surface area contributed by atoms with Gasteiger partial charge in [-0.2, -0.15) is 0 Å². The van der Waals surface area contributed by atoms with Gasteiger partial charge in [-0.1, -0.05) is 17.9 Å². The van der Waals surface area contributed by atoms with Gasteiger partial charge in [-0.15, -0.1) is 0 Å². The van der Waals surface area contributed by atoms with Gasteiger partial charge in [0, 0.05) is 30.6 Å². The minimum absolute atomic E-state index is 0.205. The van der Waals surface area contributed by atoms with E-state index in [0.717, 1.165) is 5.56 Å². The van der Waals surface area contributed by atoms with Crippen molar-refractivity contribution in [1.82, 2.24) is 9.55 Å². The molecule has 4 rings (SSSR count). The zero-order valence-electron chi connectivity index (χ0n) is 15.5. The Morgan fingerprint density at radius 3 is 2.86 bits per heavy atom. The Kier molecular flexibility index (Phi) is 4.52. The lowest BCUT2D eigenvalue weighted by Crippen LogP contribution is -2.03. The summed E-state index contributed by atoms with van der Waals surface area (Å²) < 4.78 is 7.13. The highest BCUT2D eigenvalue weighted by Gasteiger charge is 2.27. The first-order valence-electron chi connectivity index (χ1n) is 8.77. The first kappa shape index (κ1) is 17.7. The summed E-state index contributed by atoms with van der Waals surface area (Å²) in [5.41, 5.74) is 3.99. The Bertz CT molecular complexity index is 1140. The number of aromatic amines is 1. The Labute approximate surface area is 162 Å². The number of amides is 1. The minimum atomic E-state index is -0.920. The number of benzene rings is 1. The maximum absolute atomic E-state index is 12.5. The predicted molar refractivity (Wildman–Crippen MR) is 108 cm³/mol. The van der Waals surface area contributed by atoms with Crippen LogP contribution in [-0.2, 0) is 11.8 Å². The van der Waals surface area contributed by atoms with Gasteiger partial charge in [-0.25, -0.2) is 0 Å². The number of methoxy groups -OCH3 is 1. The van der Waals surface area contributed by atoms with Gasteiger partial charge < -0.3 is 24.7 Å². The maximum atomic E-state index is 12.5. The summed E-state index contributed by atoms with van der Waals surface area (Å²) in [5.74, 6) is 6.35. The average Bonchev–Trinajstić information content (AvgIpc) is 3.39. The number of nitrogens with one attached hydrogen (secondary N) is 2. The lowest BCUT2D eigenvalue weighted by molar-refractivity contribution is -0.110. The van der Waals surface area contributed by atoms with Gasteiger partial charge in [0.25, 0.3) is 5.91 Å². The third-order valence-corrected chi connectivity index (χ3v) is 4.68. The first-order valence-corrected chi connectivity index (χ1v) is 8.77. The number of carbonyl (C=O) groups is 1. The van der Waals surface area contributed by atoms with Crippen molar-refractivity contribution >= 4 is 23.2 Å². The second-order valence-corrected chi connectivity index (χ2v) is 6.42. The van der Waals surface area contributed by atoms with Crippen molar-refractivity contribution in [3.63, 3.8) is 0 Å². The van der Waals surface area contributed by atoms with E-state index < -0.39 is 6.10 Å². The zero-order chi connectivity index (χ0) is 19.7. The van der Waals surface area contributed by atoms with Crippen molar-refractivity contribution in [3.05, 3.63) is 71.3 Å². The van der Waals surface area contributed by atoms with Crippen LogP contribution >= 0.6 is 0 Å². The van der Waals surface area contributed by atoms with E-state index in [-0.39, 0.29) is 5.91 Å². The Morgan fingerprint density at radius 2 is 2.11 bits per heavy atom. The number of hydrogen-bond acceptors (Lipinski definition) is 3. The molecule has 3 aromatic rings. The molecule has 1 aliphatic rings. The number of carbonyl (C=O) groups excluding carboxylic acids is 1. The summed E-state index contributed by atoms with van der Waals surface area (Å²) in [5, 5.41) is 13.2. The molecule has 1 amide bonds. The van der Waals surface area contributed by atoms with Crippen molar-refractivity contribution in [2.75, 3.05) is 12.4 Å². The number of aliphatic hydroxyl groups is 1. The van der Waals surface area contributed by atoms with E-state index in [4.69, 9.17) is 4.74 Å². The summed E-state index contributed by atoms with van der Waals surface area (Å²) in [6.07, 6.45) is 4.43. The largest absolute Gasteiger partial charge is 0.495 e. The van der Waals surface area contributed by atoms with E-state index >= 15 is 0 Å². The van der Waals surface area contributed by atoms with E-state index in [1.165, 1.54) is 0 Å². The smallest absolute Gasteiger partial charge is 0.256 e. The van der Waals surface area contributed by atoms with Crippen LogP contribution in [0.15, 0.2) is 48.8 Å². The Hall–Kier alpha value is -3.69. The van der Waals surface area contributed by atoms with Gasteiger partial charge in [0.2, 0.25) is 0 Å². The highest BCUT2D eigenvalue weighted by molar-refractivity contribution is 6.35. The Morgan fingerprint density at radius 1 is 1.25 bits per heavy atom. The summed E-state index contributed by atoms with van der Waals surface area (Å²) in [7, 11) is 3.43. The van der Waals surface area contributed by atoms with Gasteiger partial charge in [0.1, 0.15) is 5.75 Å². The van der Waals surface area contributed by atoms with E-state index in [1.54, 1.807) is 25.4 Å². The molecule has 3 heterocycles. The minimum Gasteiger partial charge on any atom is -0.495 e. The molecule has 3 N–H and O–H groups in total. The lowest BCUT2D eigenvalue weighted by atomic mass is 9.99. The standard InChI is InChI=1S/C22H19N3O3/c1-25-12-4-7-18(25)19(26)9-8-14-5-3-6-16-21(14)15(22(27)24-16)13-17-20(28-2)10-11-23-17/h3-7,10-13,19,23,26H,1-2H3,(H,24,27). The molecule has 0 fully saturated rings. The molecule has 0 aliphatic carbocycles. The molecule has 0 saturated carbocycles. The predicted octanol–water partition coefficient (Wildman–Crippen LogP) is 2.94. The molecule has 0 spiro atoms. The fraction of sp³-hybridized carbons (Fsp3) is 0.136. The monoisotopic (exact) mass is 373 g/mol. The highest BCUT2D eigenvalue weighted by Crippen LogP contribution is 2.36. The zero-order valence-corrected chi connectivity index (χ0v) is 15.5. The third kappa shape index (κ3) is 3.08. The second-order valence-electron chi connectivity index (χ2n) is 6.42. The Balaban J connectivity index is 1.76. The molecule has 0 bridgehead atoms. The fourth-order valence-electron chi connectivity index (χ4n) is 3.27. The second kappa shape index (κ2) is 7.14. The molecule has 2 aromatic heterocycles. The molecule has 0 saturated heterocycles. The summed E-state index contributed by atoms with van der Waals surface area (Å²) in [6, 6.07) is 11.0. The molecule has 6 heteroatoms. The van der Waals surface area contributed by atoms with E-state index in [9.17, 15) is 9.90 Å². The average molecular weight is 373 g/mol. The quantitative estimate of drug-likeness (QED) is 0.488. The lowest BCUT2D eigenvalue weighted by Gasteiger charge is -2.06. The molecular formula is C22H19N3O3. The van der Waals surface area contributed by atoms with Gasteiger partial charge in [0.05, 0.1) is 29.8 Å². The van der Waals surface area contributed by atoms with Crippen molar-refractivity contribution in [2.24, 2.45) is 7.05 Å². The number of anilines is 1. The third-order valence-electron chi connectivity index (χ3n) is 4.68. The molecule has 6 nitrogen and oxygen atoms in total. The molecule has 1 aromatic carbocycles. The number of fused-ring (bicyclic) bond motifs is 1. The van der Waals surface area contributed by atoms with Crippen molar-refractivity contribution in [3.8, 4) is 17.6 Å². The van der Waals surface area contributed by atoms with Gasteiger partial charge in [0.15, 0.2) is 6.10 Å². The van der Waals surface area contributed by atoms with Gasteiger partial charge >= 0.3 is 0 Å². The number of H-pyrrole nitrogens is 1. The highest BCUT2D eigenvalue weighted by atomic mass is 16.5. The fourth-order valence-corrected chi connectivity index (χ4v) is 3.27. The van der Waals surface area contributed by atoms with E-state index in [1.807, 2.05) is 48.1 Å². The summed E-state index contributed by atoms with van der Waals surface area (Å²) >= 11 is 0. The summed E-state index contributed by atoms with van der Waals surface area (Å²) in [6.45, 7) is 0. The number of aryl methyl sites for hydroxylation is 1. The topological polar surface area (TPSA) is 79.3 Å². The number of hydrogen-bond donors (Lipinski definition) is 3. The van der Waals surface area contributed by atoms with Crippen LogP contribution in [0.4, 0.5) is 5.69 Å².